The molecule has 0 unspecified atom stereocenters. The molecule has 3 atom stereocenters. The van der Waals surface area contributed by atoms with Gasteiger partial charge >= 0.3 is 5.97 Å². The van der Waals surface area contributed by atoms with Crippen molar-refractivity contribution in [3.05, 3.63) is 75.6 Å². The molecule has 0 aliphatic rings. The Morgan fingerprint density at radius 1 is 1.11 bits per heavy atom. The number of hydrogen-bond donors (Lipinski definition) is 3. The first-order valence-electron chi connectivity index (χ1n) is 11.0. The fourth-order valence-corrected chi connectivity index (χ4v) is 3.65. The minimum absolute atomic E-state index is 0.0671. The summed E-state index contributed by atoms with van der Waals surface area (Å²) in [7, 11) is 0. The Bertz CT molecular complexity index is 1120. The predicted molar refractivity (Wildman–Crippen MR) is 126 cm³/mol. The van der Waals surface area contributed by atoms with Crippen molar-refractivity contribution < 1.29 is 33.2 Å². The van der Waals surface area contributed by atoms with Gasteiger partial charge in [0.1, 0.15) is 17.9 Å². The maximum absolute atomic E-state index is 13.6. The molecular formula is C24H27FN4O7. The molecule has 192 valence electrons. The van der Waals surface area contributed by atoms with Gasteiger partial charge in [-0.05, 0) is 30.2 Å². The van der Waals surface area contributed by atoms with E-state index in [4.69, 9.17) is 10.5 Å². The molecule has 2 aromatic carbocycles. The molecular weight excluding hydrogens is 475 g/mol. The topological polar surface area (TPSA) is 171 Å². The number of halogens is 1. The number of rotatable bonds is 12. The van der Waals surface area contributed by atoms with E-state index >= 15 is 0 Å². The van der Waals surface area contributed by atoms with Crippen molar-refractivity contribution in [1.29, 1.82) is 0 Å². The molecule has 3 amide bonds. The number of ether oxygens (including phenoxy) is 1. The number of nitrogens with one attached hydrogen (secondary N) is 2. The van der Waals surface area contributed by atoms with Crippen molar-refractivity contribution in [3.8, 4) is 0 Å². The van der Waals surface area contributed by atoms with Gasteiger partial charge in [0.2, 0.25) is 17.7 Å². The molecule has 4 N–H and O–H groups in total. The van der Waals surface area contributed by atoms with Crippen LogP contribution in [0.3, 0.4) is 0 Å². The second-order valence-corrected chi connectivity index (χ2v) is 7.94. The Balaban J connectivity index is 2.38. The first-order chi connectivity index (χ1) is 17.0. The van der Waals surface area contributed by atoms with Gasteiger partial charge in [0.15, 0.2) is 0 Å². The Hall–Kier alpha value is -4.35. The van der Waals surface area contributed by atoms with E-state index in [0.717, 1.165) is 0 Å². The van der Waals surface area contributed by atoms with Gasteiger partial charge in [-0.3, -0.25) is 29.3 Å². The van der Waals surface area contributed by atoms with Crippen LogP contribution in [0, 0.1) is 15.9 Å². The fourth-order valence-electron chi connectivity index (χ4n) is 3.65. The molecule has 36 heavy (non-hydrogen) atoms. The molecule has 0 fully saturated rings. The number of nitrogens with two attached hydrogens (primary N) is 1. The zero-order valence-electron chi connectivity index (χ0n) is 19.7. The molecule has 0 saturated heterocycles. The van der Waals surface area contributed by atoms with E-state index in [9.17, 15) is 33.7 Å². The number of amides is 3. The highest BCUT2D eigenvalue weighted by molar-refractivity contribution is 5.92. The number of primary amides is 1. The highest BCUT2D eigenvalue weighted by atomic mass is 19.1. The number of nitro groups is 1. The number of hydrogen-bond acceptors (Lipinski definition) is 7. The van der Waals surface area contributed by atoms with Crippen molar-refractivity contribution in [3.63, 3.8) is 0 Å². The number of carbonyl (C=O) groups is 4. The summed E-state index contributed by atoms with van der Waals surface area (Å²) < 4.78 is 18.6. The minimum atomic E-state index is -1.44. The standard InChI is InChI=1S/C24H27FN4O7/c1-3-36-21(31)13-19(16-7-9-18(10-8-16)29(34)35)22(23(26)32)28-24(33)20(27-14(2)30)12-15-5-4-6-17(25)11-15/h4-11,19-20,22H,3,12-13H2,1-2H3,(H2,26,32)(H,27,30)(H,28,33)/t19-,20+,22+/m1/s1. The predicted octanol–water partition coefficient (Wildman–Crippen LogP) is 1.49. The molecule has 0 aliphatic heterocycles. The van der Waals surface area contributed by atoms with Crippen molar-refractivity contribution in [2.45, 2.75) is 44.7 Å². The van der Waals surface area contributed by atoms with Gasteiger partial charge in [-0.2, -0.15) is 0 Å². The van der Waals surface area contributed by atoms with Crippen LogP contribution in [-0.2, 0) is 30.3 Å². The first kappa shape index (κ1) is 27.9. The zero-order valence-corrected chi connectivity index (χ0v) is 19.7. The summed E-state index contributed by atoms with van der Waals surface area (Å²) in [5, 5.41) is 15.9. The third kappa shape index (κ3) is 8.15. The molecule has 12 heteroatoms. The van der Waals surface area contributed by atoms with Crippen molar-refractivity contribution in [2.24, 2.45) is 5.73 Å². The van der Waals surface area contributed by atoms with Crippen molar-refractivity contribution in [1.82, 2.24) is 10.6 Å². The Labute approximate surface area is 206 Å². The molecule has 2 aromatic rings. The molecule has 2 rings (SSSR count). The largest absolute Gasteiger partial charge is 0.466 e. The number of nitro benzene ring substituents is 1. The van der Waals surface area contributed by atoms with E-state index in [1.54, 1.807) is 13.0 Å². The molecule has 0 aliphatic carbocycles. The summed E-state index contributed by atoms with van der Waals surface area (Å²) in [4.78, 5) is 60.0. The molecule has 0 bridgehead atoms. The lowest BCUT2D eigenvalue weighted by Gasteiger charge is -2.27. The summed E-state index contributed by atoms with van der Waals surface area (Å²) in [5.41, 5.74) is 6.09. The van der Waals surface area contributed by atoms with Crippen LogP contribution in [0.1, 0.15) is 37.3 Å². The van der Waals surface area contributed by atoms with E-state index in [2.05, 4.69) is 10.6 Å². The quantitative estimate of drug-likeness (QED) is 0.224. The van der Waals surface area contributed by atoms with Gasteiger partial charge < -0.3 is 21.1 Å². The van der Waals surface area contributed by atoms with E-state index in [1.165, 1.54) is 49.4 Å². The van der Waals surface area contributed by atoms with Crippen molar-refractivity contribution >= 4 is 29.4 Å². The van der Waals surface area contributed by atoms with Crippen LogP contribution in [0.4, 0.5) is 10.1 Å². The number of nitrogens with zero attached hydrogens (tertiary/aromatic N) is 1. The van der Waals surface area contributed by atoms with Crippen LogP contribution in [-0.4, -0.2) is 47.3 Å². The summed E-state index contributed by atoms with van der Waals surface area (Å²) in [6.45, 7) is 2.85. The van der Waals surface area contributed by atoms with Gasteiger partial charge in [0.25, 0.3) is 5.69 Å². The number of benzene rings is 2. The monoisotopic (exact) mass is 502 g/mol. The van der Waals surface area contributed by atoms with Gasteiger partial charge in [-0.25, -0.2) is 4.39 Å². The third-order valence-electron chi connectivity index (χ3n) is 5.25. The lowest BCUT2D eigenvalue weighted by molar-refractivity contribution is -0.384. The second kappa shape index (κ2) is 12.9. The van der Waals surface area contributed by atoms with Gasteiger partial charge in [-0.1, -0.05) is 24.3 Å². The maximum atomic E-state index is 13.6. The number of non-ortho nitro benzene ring substituents is 1. The van der Waals surface area contributed by atoms with E-state index in [0.29, 0.717) is 11.1 Å². The SMILES string of the molecule is CCOC(=O)C[C@H](c1ccc([N+](=O)[O-])cc1)[C@H](NC(=O)[C@H](Cc1cccc(F)c1)NC(C)=O)C(N)=O. The molecule has 11 nitrogen and oxygen atoms in total. The van der Waals surface area contributed by atoms with Crippen molar-refractivity contribution in [2.75, 3.05) is 6.61 Å². The molecule has 0 heterocycles. The fraction of sp³-hybridized carbons (Fsp3) is 0.333. The second-order valence-electron chi connectivity index (χ2n) is 7.94. The van der Waals surface area contributed by atoms with Crippen LogP contribution in [0.5, 0.6) is 0 Å². The Kier molecular flexibility index (Phi) is 10.0. The van der Waals surface area contributed by atoms with Crippen LogP contribution < -0.4 is 16.4 Å². The van der Waals surface area contributed by atoms with Crippen LogP contribution in [0.15, 0.2) is 48.5 Å². The summed E-state index contributed by atoms with van der Waals surface area (Å²) >= 11 is 0. The highest BCUT2D eigenvalue weighted by Gasteiger charge is 2.34. The van der Waals surface area contributed by atoms with E-state index < -0.39 is 52.4 Å². The molecule has 0 aromatic heterocycles. The first-order valence-corrected chi connectivity index (χ1v) is 11.0. The van der Waals surface area contributed by atoms with Gasteiger partial charge in [-0.15, -0.1) is 0 Å². The smallest absolute Gasteiger partial charge is 0.306 e. The van der Waals surface area contributed by atoms with Crippen LogP contribution in [0.25, 0.3) is 0 Å². The molecule has 0 radical (unpaired) electrons. The van der Waals surface area contributed by atoms with Crippen LogP contribution in [0.2, 0.25) is 0 Å². The zero-order chi connectivity index (χ0) is 26.8. The van der Waals surface area contributed by atoms with E-state index in [-0.39, 0.29) is 25.1 Å². The third-order valence-corrected chi connectivity index (χ3v) is 5.25. The average Bonchev–Trinajstić information content (AvgIpc) is 2.80. The number of carbonyl (C=O) groups excluding carboxylic acids is 4. The normalized spacial score (nSPS) is 13.1. The van der Waals surface area contributed by atoms with Crippen LogP contribution >= 0.6 is 0 Å². The van der Waals surface area contributed by atoms with E-state index in [1.807, 2.05) is 0 Å². The lowest BCUT2D eigenvalue weighted by atomic mass is 9.87. The molecule has 0 saturated carbocycles. The lowest BCUT2D eigenvalue weighted by Crippen LogP contribution is -2.55. The van der Waals surface area contributed by atoms with Gasteiger partial charge in [0, 0.05) is 31.4 Å². The average molecular weight is 502 g/mol. The summed E-state index contributed by atoms with van der Waals surface area (Å²) in [5.74, 6) is -4.56. The number of esters is 1. The highest BCUT2D eigenvalue weighted by Crippen LogP contribution is 2.27. The molecule has 0 spiro atoms. The maximum Gasteiger partial charge on any atom is 0.306 e. The summed E-state index contributed by atoms with van der Waals surface area (Å²) in [6, 6.07) is 7.90. The Morgan fingerprint density at radius 2 is 1.78 bits per heavy atom. The Morgan fingerprint density at radius 3 is 2.31 bits per heavy atom. The summed E-state index contributed by atoms with van der Waals surface area (Å²) in [6.07, 6.45) is -0.455. The minimum Gasteiger partial charge on any atom is -0.466 e. The van der Waals surface area contributed by atoms with Gasteiger partial charge in [0.05, 0.1) is 18.0 Å².